The number of hydrogen-bond acceptors (Lipinski definition) is 3. The molecule has 1 aromatic rings. The maximum atomic E-state index is 4.37. The maximum absolute atomic E-state index is 4.37. The Morgan fingerprint density at radius 3 is 2.40 bits per heavy atom. The molecule has 1 aromatic heterocycles. The van der Waals surface area contributed by atoms with Crippen molar-refractivity contribution in [3.63, 3.8) is 0 Å². The second-order valence-electron chi connectivity index (χ2n) is 3.70. The van der Waals surface area contributed by atoms with E-state index in [0.29, 0.717) is 5.52 Å². The minimum absolute atomic E-state index is 0.496. The zero-order chi connectivity index (χ0) is 10.7. The average molecular weight is 241 g/mol. The Hall–Kier alpha value is -0.230. The van der Waals surface area contributed by atoms with Gasteiger partial charge in [-0.3, -0.25) is 4.90 Å². The molecule has 15 heavy (non-hydrogen) atoms. The first-order valence-corrected chi connectivity index (χ1v) is 6.52. The summed E-state index contributed by atoms with van der Waals surface area (Å²) in [6.07, 6.45) is 1.86. The van der Waals surface area contributed by atoms with E-state index in [-0.39, 0.29) is 0 Å². The molecule has 2 rings (SSSR count). The summed E-state index contributed by atoms with van der Waals surface area (Å²) in [6, 6.07) is 6.08. The predicted octanol–water partition coefficient (Wildman–Crippen LogP) is 1.24. The molecule has 0 amide bonds. The normalized spacial score (nSPS) is 18.5. The molecular formula is C10H17N3P2. The Balaban J connectivity index is 1.94. The summed E-state index contributed by atoms with van der Waals surface area (Å²) < 4.78 is 0. The largest absolute Gasteiger partial charge is 0.354 e. The van der Waals surface area contributed by atoms with Gasteiger partial charge in [-0.25, -0.2) is 4.98 Å². The number of nitrogens with zero attached hydrogens (tertiary/aromatic N) is 3. The molecule has 1 saturated heterocycles. The van der Waals surface area contributed by atoms with Crippen LogP contribution in [0.15, 0.2) is 24.4 Å². The highest BCUT2D eigenvalue weighted by Crippen LogP contribution is 2.19. The summed E-state index contributed by atoms with van der Waals surface area (Å²) in [6.45, 7) is 4.34. The number of piperazine rings is 1. The van der Waals surface area contributed by atoms with E-state index in [4.69, 9.17) is 0 Å². The minimum atomic E-state index is 0.496. The van der Waals surface area contributed by atoms with E-state index in [0.717, 1.165) is 32.0 Å². The van der Waals surface area contributed by atoms with Crippen LogP contribution in [0.25, 0.3) is 0 Å². The van der Waals surface area contributed by atoms with Gasteiger partial charge in [0.1, 0.15) is 5.82 Å². The molecule has 0 spiro atoms. The monoisotopic (exact) mass is 241 g/mol. The third kappa shape index (κ3) is 2.87. The third-order valence-electron chi connectivity index (χ3n) is 2.71. The number of hydrogen-bond donors (Lipinski definition) is 0. The van der Waals surface area contributed by atoms with E-state index in [9.17, 15) is 0 Å². The Morgan fingerprint density at radius 1 is 1.13 bits per heavy atom. The molecule has 1 aliphatic rings. The van der Waals surface area contributed by atoms with Gasteiger partial charge >= 0.3 is 0 Å². The van der Waals surface area contributed by atoms with Crippen molar-refractivity contribution in [1.82, 2.24) is 9.88 Å². The van der Waals surface area contributed by atoms with Crippen LogP contribution in [0.3, 0.4) is 0 Å². The molecule has 0 bridgehead atoms. The molecule has 0 aliphatic carbocycles. The lowest BCUT2D eigenvalue weighted by atomic mass is 10.3. The quantitative estimate of drug-likeness (QED) is 0.726. The van der Waals surface area contributed by atoms with Crippen molar-refractivity contribution in [3.05, 3.63) is 24.4 Å². The van der Waals surface area contributed by atoms with E-state index < -0.39 is 0 Å². The Labute approximate surface area is 95.6 Å². The number of aromatic nitrogens is 1. The van der Waals surface area contributed by atoms with Crippen LogP contribution in [0.2, 0.25) is 0 Å². The zero-order valence-corrected chi connectivity index (χ0v) is 11.0. The topological polar surface area (TPSA) is 19.4 Å². The van der Waals surface area contributed by atoms with Crippen LogP contribution in [0, 0.1) is 0 Å². The first-order valence-electron chi connectivity index (χ1n) is 5.18. The van der Waals surface area contributed by atoms with Gasteiger partial charge in [-0.2, -0.15) is 0 Å². The van der Waals surface area contributed by atoms with Gasteiger partial charge in [0.2, 0.25) is 0 Å². The molecule has 3 nitrogen and oxygen atoms in total. The van der Waals surface area contributed by atoms with Crippen LogP contribution in [0.5, 0.6) is 0 Å². The third-order valence-corrected chi connectivity index (χ3v) is 3.55. The Bertz CT molecular complexity index is 297. The highest BCUT2D eigenvalue weighted by Gasteiger charge is 2.19. The van der Waals surface area contributed by atoms with Gasteiger partial charge in [-0.1, -0.05) is 6.07 Å². The van der Waals surface area contributed by atoms with Gasteiger partial charge in [0, 0.05) is 37.9 Å². The molecule has 5 heteroatoms. The van der Waals surface area contributed by atoms with Crippen molar-refractivity contribution in [2.24, 2.45) is 0 Å². The fourth-order valence-corrected chi connectivity index (χ4v) is 2.39. The average Bonchev–Trinajstić information content (AvgIpc) is 2.30. The smallest absolute Gasteiger partial charge is 0.128 e. The van der Waals surface area contributed by atoms with Gasteiger partial charge in [0.15, 0.2) is 0 Å². The Kier molecular flexibility index (Phi) is 3.91. The highest BCUT2D eigenvalue weighted by molar-refractivity contribution is 7.37. The standard InChI is InChI=1S/C10H17N3P2/c14-10(15)13-7-5-12(6-8-13)9-3-1-2-4-11-9/h1-4,10H,5-8,14-15H2. The van der Waals surface area contributed by atoms with Gasteiger partial charge in [-0.05, 0) is 12.1 Å². The lowest BCUT2D eigenvalue weighted by molar-refractivity contribution is 0.283. The summed E-state index contributed by atoms with van der Waals surface area (Å²) >= 11 is 0. The zero-order valence-electron chi connectivity index (χ0n) is 8.71. The van der Waals surface area contributed by atoms with Gasteiger partial charge in [0.25, 0.3) is 0 Å². The highest BCUT2D eigenvalue weighted by atomic mass is 31.1. The minimum Gasteiger partial charge on any atom is -0.354 e. The van der Waals surface area contributed by atoms with Crippen molar-refractivity contribution in [1.29, 1.82) is 0 Å². The van der Waals surface area contributed by atoms with Crippen LogP contribution in [-0.2, 0) is 0 Å². The van der Waals surface area contributed by atoms with Gasteiger partial charge in [0.05, 0.1) is 0 Å². The van der Waals surface area contributed by atoms with Crippen molar-refractivity contribution >= 4 is 24.3 Å². The lowest BCUT2D eigenvalue weighted by Gasteiger charge is -2.37. The van der Waals surface area contributed by atoms with E-state index >= 15 is 0 Å². The second kappa shape index (κ2) is 5.21. The SMILES string of the molecule is PC(P)N1CCN(c2ccccn2)CC1. The molecule has 0 aromatic carbocycles. The maximum Gasteiger partial charge on any atom is 0.128 e. The molecule has 82 valence electrons. The van der Waals surface area contributed by atoms with Gasteiger partial charge < -0.3 is 4.90 Å². The van der Waals surface area contributed by atoms with Crippen LogP contribution >= 0.6 is 18.5 Å². The summed E-state index contributed by atoms with van der Waals surface area (Å²) in [4.78, 5) is 9.15. The molecule has 2 atom stereocenters. The van der Waals surface area contributed by atoms with Gasteiger partial charge in [-0.15, -0.1) is 18.5 Å². The fraction of sp³-hybridized carbons (Fsp3) is 0.500. The van der Waals surface area contributed by atoms with E-state index in [1.807, 2.05) is 18.3 Å². The number of pyridine rings is 1. The van der Waals surface area contributed by atoms with Crippen LogP contribution < -0.4 is 4.90 Å². The Morgan fingerprint density at radius 2 is 1.87 bits per heavy atom. The summed E-state index contributed by atoms with van der Waals surface area (Å²) in [5.41, 5.74) is 0.496. The first-order chi connectivity index (χ1) is 7.27. The van der Waals surface area contributed by atoms with E-state index in [2.05, 4.69) is 39.3 Å². The van der Waals surface area contributed by atoms with E-state index in [1.165, 1.54) is 0 Å². The van der Waals surface area contributed by atoms with Crippen molar-refractivity contribution in [2.75, 3.05) is 31.1 Å². The molecule has 2 unspecified atom stereocenters. The first kappa shape index (κ1) is 11.3. The molecule has 2 heterocycles. The predicted molar refractivity (Wildman–Crippen MR) is 71.2 cm³/mol. The number of anilines is 1. The molecule has 1 aliphatic heterocycles. The van der Waals surface area contributed by atoms with Crippen LogP contribution in [0.1, 0.15) is 0 Å². The summed E-state index contributed by atoms with van der Waals surface area (Å²) in [5, 5.41) is 0. The van der Waals surface area contributed by atoms with Crippen LogP contribution in [0.4, 0.5) is 5.82 Å². The van der Waals surface area contributed by atoms with E-state index in [1.54, 1.807) is 0 Å². The molecule has 0 saturated carbocycles. The van der Waals surface area contributed by atoms with Crippen LogP contribution in [-0.4, -0.2) is 41.6 Å². The molecule has 0 radical (unpaired) electrons. The summed E-state index contributed by atoms with van der Waals surface area (Å²) in [5.74, 6) is 1.10. The molecule has 1 fully saturated rings. The van der Waals surface area contributed by atoms with Crippen molar-refractivity contribution in [3.8, 4) is 0 Å². The van der Waals surface area contributed by atoms with Crippen molar-refractivity contribution in [2.45, 2.75) is 5.52 Å². The molecular weight excluding hydrogens is 224 g/mol. The summed E-state index contributed by atoms with van der Waals surface area (Å²) in [7, 11) is 5.64. The second-order valence-corrected chi connectivity index (χ2v) is 5.84. The number of rotatable bonds is 2. The fourth-order valence-electron chi connectivity index (χ4n) is 1.79. The molecule has 0 N–H and O–H groups in total. The van der Waals surface area contributed by atoms with Crippen molar-refractivity contribution < 1.29 is 0 Å². The lowest BCUT2D eigenvalue weighted by Crippen LogP contribution is -2.47.